The molecule has 1 fully saturated rings. The van der Waals surface area contributed by atoms with Crippen LogP contribution in [0, 0.1) is 5.82 Å². The highest BCUT2D eigenvalue weighted by atomic mass is 32.2. The number of nitrogens with zero attached hydrogens (tertiary/aromatic N) is 2. The van der Waals surface area contributed by atoms with Crippen molar-refractivity contribution in [3.05, 3.63) is 64.6 Å². The number of halogens is 1. The molecule has 1 aliphatic carbocycles. The summed E-state index contributed by atoms with van der Waals surface area (Å²) >= 11 is 1.35. The fourth-order valence-corrected chi connectivity index (χ4v) is 7.43. The maximum Gasteiger partial charge on any atom is 0.355 e. The molecule has 2 aliphatic heterocycles. The molecular formula is C36H39FN4O10S. The second-order valence-electron chi connectivity index (χ2n) is 13.3. The number of amides is 2. The minimum Gasteiger partial charge on any atom is -0.484 e. The quantitative estimate of drug-likeness (QED) is 0.107. The van der Waals surface area contributed by atoms with E-state index in [-0.39, 0.29) is 31.1 Å². The summed E-state index contributed by atoms with van der Waals surface area (Å²) < 4.78 is 35.9. The summed E-state index contributed by atoms with van der Waals surface area (Å²) in [4.78, 5) is 61.5. The van der Waals surface area contributed by atoms with E-state index < -0.39 is 60.3 Å². The predicted octanol–water partition coefficient (Wildman–Crippen LogP) is 3.54. The van der Waals surface area contributed by atoms with Crippen molar-refractivity contribution in [3.63, 3.8) is 0 Å². The number of esters is 2. The van der Waals surface area contributed by atoms with E-state index in [0.29, 0.717) is 33.7 Å². The topological polar surface area (TPSA) is 178 Å². The number of oxime groups is 1. The first kappa shape index (κ1) is 36.8. The lowest BCUT2D eigenvalue weighted by atomic mass is 9.87. The van der Waals surface area contributed by atoms with Gasteiger partial charge < -0.3 is 39.2 Å². The number of ether oxygens (including phenoxy) is 4. The van der Waals surface area contributed by atoms with Gasteiger partial charge in [-0.15, -0.1) is 11.8 Å². The van der Waals surface area contributed by atoms with Gasteiger partial charge in [-0.1, -0.05) is 5.16 Å². The average molecular weight is 739 g/mol. The number of aromatic amines is 1. The molecule has 1 saturated heterocycles. The zero-order chi connectivity index (χ0) is 37.3. The Morgan fingerprint density at radius 3 is 2.67 bits per heavy atom. The van der Waals surface area contributed by atoms with Gasteiger partial charge in [-0.3, -0.25) is 14.5 Å². The molecule has 3 atom stereocenters. The second kappa shape index (κ2) is 15.0. The highest BCUT2D eigenvalue weighted by Gasteiger charge is 2.54. The van der Waals surface area contributed by atoms with Crippen LogP contribution < -0.4 is 10.1 Å². The van der Waals surface area contributed by atoms with Crippen molar-refractivity contribution in [1.29, 1.82) is 0 Å². The molecule has 2 amide bonds. The lowest BCUT2D eigenvalue weighted by Crippen LogP contribution is -2.71. The number of carbonyl (C=O) groups is 4. The lowest BCUT2D eigenvalue weighted by molar-refractivity contribution is -0.159. The molecule has 3 N–H and O–H groups in total. The number of hydrogen-bond donors (Lipinski definition) is 3. The van der Waals surface area contributed by atoms with Crippen LogP contribution in [-0.2, 0) is 44.6 Å². The fourth-order valence-electron chi connectivity index (χ4n) is 6.11. The van der Waals surface area contributed by atoms with Crippen molar-refractivity contribution in [1.82, 2.24) is 15.2 Å². The van der Waals surface area contributed by atoms with Crippen molar-refractivity contribution in [2.24, 2.45) is 5.16 Å². The number of carbonyl (C=O) groups excluding carboxylic acids is 4. The van der Waals surface area contributed by atoms with Gasteiger partial charge in [0.1, 0.15) is 34.3 Å². The van der Waals surface area contributed by atoms with Crippen LogP contribution in [0.25, 0.3) is 22.2 Å². The van der Waals surface area contributed by atoms with E-state index in [2.05, 4.69) is 15.5 Å². The number of β-lactam (4-membered cyclic amide) rings is 1. The van der Waals surface area contributed by atoms with Gasteiger partial charge in [0.2, 0.25) is 6.61 Å². The third-order valence-corrected chi connectivity index (χ3v) is 9.61. The molecule has 0 saturated carbocycles. The largest absolute Gasteiger partial charge is 0.484 e. The van der Waals surface area contributed by atoms with Gasteiger partial charge in [0.15, 0.2) is 12.9 Å². The van der Waals surface area contributed by atoms with E-state index in [1.165, 1.54) is 35.7 Å². The number of thioether (sulfide) groups is 1. The summed E-state index contributed by atoms with van der Waals surface area (Å²) in [5.74, 6) is -2.08. The highest BCUT2D eigenvalue weighted by molar-refractivity contribution is 8.00. The first-order chi connectivity index (χ1) is 24.7. The summed E-state index contributed by atoms with van der Waals surface area (Å²) in [5, 5.41) is 16.7. The molecule has 16 heteroatoms. The van der Waals surface area contributed by atoms with Crippen molar-refractivity contribution >= 4 is 52.1 Å². The molecule has 0 bridgehead atoms. The van der Waals surface area contributed by atoms with Crippen LogP contribution in [0.2, 0.25) is 0 Å². The maximum atomic E-state index is 14.2. The SMILES string of the molecule is CCOC(=O)CO/N=C1/Cc2c([nH]c3ccc(F)cc23)-c2ccc(OCC(=O)NC3C(=O)N4C(C(=O)OC(C)(C)C)=C(COC(C)O)CSC34)cc21. The number of rotatable bonds is 12. The number of benzene rings is 2. The molecule has 3 unspecified atom stereocenters. The van der Waals surface area contributed by atoms with Crippen molar-refractivity contribution in [2.45, 2.75) is 64.3 Å². The predicted molar refractivity (Wildman–Crippen MR) is 188 cm³/mol. The van der Waals surface area contributed by atoms with Crippen LogP contribution in [0.15, 0.2) is 52.8 Å². The standard InChI is InChI=1S/C36H39FN4O10S/c1-6-47-29(44)16-50-40-27-13-25-23-11-20(37)7-10-26(23)38-30(25)22-9-8-21(12-24(22)27)49-15-28(43)39-31-33(45)41-32(35(46)51-36(3,4)5)19(14-48-18(2)42)17-52-34(31)41/h7-12,18,31,34,38,42H,6,13-17H2,1-5H3,(H,39,43)/b40-27-. The molecule has 276 valence electrons. The van der Waals surface area contributed by atoms with Crippen molar-refractivity contribution in [2.75, 3.05) is 32.2 Å². The highest BCUT2D eigenvalue weighted by Crippen LogP contribution is 2.42. The number of fused-ring (bicyclic) bond motifs is 6. The normalized spacial score (nSPS) is 19.3. The van der Waals surface area contributed by atoms with Crippen molar-refractivity contribution < 1.29 is 52.5 Å². The molecule has 2 aromatic carbocycles. The lowest BCUT2D eigenvalue weighted by Gasteiger charge is -2.50. The summed E-state index contributed by atoms with van der Waals surface area (Å²) in [6, 6.07) is 8.70. The minimum absolute atomic E-state index is 0.0482. The Morgan fingerprint density at radius 1 is 1.15 bits per heavy atom. The van der Waals surface area contributed by atoms with Gasteiger partial charge in [-0.05, 0) is 82.2 Å². The molecule has 0 spiro atoms. The summed E-state index contributed by atoms with van der Waals surface area (Å²) in [6.45, 7) is 7.55. The van der Waals surface area contributed by atoms with Crippen LogP contribution in [0.5, 0.6) is 5.75 Å². The summed E-state index contributed by atoms with van der Waals surface area (Å²) in [6.07, 6.45) is -0.824. The number of aromatic nitrogens is 1. The molecule has 52 heavy (non-hydrogen) atoms. The third-order valence-electron chi connectivity index (χ3n) is 8.27. The molecule has 1 aromatic heterocycles. The molecule has 14 nitrogen and oxygen atoms in total. The van der Waals surface area contributed by atoms with Crippen LogP contribution in [-0.4, -0.2) is 99.9 Å². The molecule has 6 rings (SSSR count). The number of aliphatic hydroxyl groups excluding tert-OH is 1. The number of hydrogen-bond acceptors (Lipinski definition) is 12. The van der Waals surface area contributed by atoms with E-state index in [4.69, 9.17) is 23.8 Å². The van der Waals surface area contributed by atoms with Crippen LogP contribution in [0.4, 0.5) is 4.39 Å². The zero-order valence-corrected chi connectivity index (χ0v) is 30.1. The molecule has 3 heterocycles. The molecular weight excluding hydrogens is 699 g/mol. The fraction of sp³-hybridized carbons (Fsp3) is 0.417. The van der Waals surface area contributed by atoms with Gasteiger partial charge in [0.25, 0.3) is 11.8 Å². The van der Waals surface area contributed by atoms with E-state index in [1.807, 2.05) is 0 Å². The van der Waals surface area contributed by atoms with E-state index in [9.17, 15) is 28.7 Å². The Labute approximate surface area is 302 Å². The molecule has 3 aliphatic rings. The summed E-state index contributed by atoms with van der Waals surface area (Å²) in [7, 11) is 0. The second-order valence-corrected chi connectivity index (χ2v) is 14.4. The Balaban J connectivity index is 1.16. The Hall–Kier alpha value is -4.93. The maximum absolute atomic E-state index is 14.2. The Morgan fingerprint density at radius 2 is 1.94 bits per heavy atom. The smallest absolute Gasteiger partial charge is 0.355 e. The Kier molecular flexibility index (Phi) is 10.6. The monoisotopic (exact) mass is 738 g/mol. The van der Waals surface area contributed by atoms with E-state index >= 15 is 0 Å². The number of aliphatic hydroxyl groups is 1. The van der Waals surface area contributed by atoms with Gasteiger partial charge >= 0.3 is 11.9 Å². The first-order valence-corrected chi connectivity index (χ1v) is 17.7. The summed E-state index contributed by atoms with van der Waals surface area (Å²) in [5.41, 5.74) is 3.82. The van der Waals surface area contributed by atoms with Gasteiger partial charge in [-0.25, -0.2) is 14.0 Å². The third kappa shape index (κ3) is 7.78. The van der Waals surface area contributed by atoms with Gasteiger partial charge in [0, 0.05) is 34.2 Å². The Bertz CT molecular complexity index is 1980. The molecule has 3 aromatic rings. The van der Waals surface area contributed by atoms with Gasteiger partial charge in [0.05, 0.1) is 24.6 Å². The van der Waals surface area contributed by atoms with E-state index in [0.717, 1.165) is 22.3 Å². The first-order valence-electron chi connectivity index (χ1n) is 16.6. The number of nitrogens with one attached hydrogen (secondary N) is 2. The van der Waals surface area contributed by atoms with Gasteiger partial charge in [-0.2, -0.15) is 0 Å². The van der Waals surface area contributed by atoms with Crippen LogP contribution >= 0.6 is 11.8 Å². The number of H-pyrrole nitrogens is 1. The molecule has 0 radical (unpaired) electrons. The van der Waals surface area contributed by atoms with E-state index in [1.54, 1.807) is 52.0 Å². The van der Waals surface area contributed by atoms with Crippen molar-refractivity contribution in [3.8, 4) is 17.0 Å². The minimum atomic E-state index is -1.08. The zero-order valence-electron chi connectivity index (χ0n) is 29.2. The average Bonchev–Trinajstić information content (AvgIpc) is 3.45. The van der Waals surface area contributed by atoms with Crippen LogP contribution in [0.3, 0.4) is 0 Å². The van der Waals surface area contributed by atoms with Crippen LogP contribution in [0.1, 0.15) is 45.7 Å².